The standard InChI is InChI=1S/C19H22FN5O3/c1-13-23-18-16(12-22-25(18)15-6-4-14(20)5-7-15)19(27)24(13)10-8-17(26)21-9-3-11-28-2/h4-7,12H,3,8-11H2,1-2H3,(H,21,26). The molecule has 0 unspecified atom stereocenters. The number of halogens is 1. The van der Waals surface area contributed by atoms with Gasteiger partial charge < -0.3 is 10.1 Å². The van der Waals surface area contributed by atoms with E-state index in [-0.39, 0.29) is 30.2 Å². The molecule has 0 aliphatic carbocycles. The third-order valence-corrected chi connectivity index (χ3v) is 4.36. The van der Waals surface area contributed by atoms with Gasteiger partial charge >= 0.3 is 0 Å². The molecule has 3 aromatic rings. The molecule has 0 spiro atoms. The molecule has 2 aromatic heterocycles. The number of nitrogens with zero attached hydrogens (tertiary/aromatic N) is 4. The highest BCUT2D eigenvalue weighted by Gasteiger charge is 2.15. The summed E-state index contributed by atoms with van der Waals surface area (Å²) in [5, 5.41) is 7.35. The van der Waals surface area contributed by atoms with Crippen LogP contribution in [0.3, 0.4) is 0 Å². The van der Waals surface area contributed by atoms with Crippen molar-refractivity contribution in [3.05, 3.63) is 52.5 Å². The topological polar surface area (TPSA) is 91.0 Å². The number of aromatic nitrogens is 4. The highest BCUT2D eigenvalue weighted by atomic mass is 19.1. The predicted octanol–water partition coefficient (Wildman–Crippen LogP) is 1.57. The number of benzene rings is 1. The van der Waals surface area contributed by atoms with E-state index in [1.165, 1.54) is 27.6 Å². The number of nitrogens with one attached hydrogen (secondary N) is 1. The first kappa shape index (κ1) is 19.7. The van der Waals surface area contributed by atoms with Crippen LogP contribution < -0.4 is 10.9 Å². The van der Waals surface area contributed by atoms with Gasteiger partial charge in [-0.05, 0) is 37.6 Å². The summed E-state index contributed by atoms with van der Waals surface area (Å²) in [7, 11) is 1.61. The van der Waals surface area contributed by atoms with E-state index in [1.807, 2.05) is 0 Å². The lowest BCUT2D eigenvalue weighted by molar-refractivity contribution is -0.121. The van der Waals surface area contributed by atoms with E-state index >= 15 is 0 Å². The summed E-state index contributed by atoms with van der Waals surface area (Å²) in [5.41, 5.74) is 0.744. The van der Waals surface area contributed by atoms with Crippen molar-refractivity contribution in [1.29, 1.82) is 0 Å². The van der Waals surface area contributed by atoms with Crippen molar-refractivity contribution in [2.45, 2.75) is 26.3 Å². The fourth-order valence-corrected chi connectivity index (χ4v) is 2.89. The molecule has 0 aliphatic heterocycles. The van der Waals surface area contributed by atoms with E-state index in [4.69, 9.17) is 4.74 Å². The third kappa shape index (κ3) is 4.25. The van der Waals surface area contributed by atoms with Gasteiger partial charge in [0.2, 0.25) is 5.91 Å². The van der Waals surface area contributed by atoms with Gasteiger partial charge in [-0.2, -0.15) is 5.10 Å². The van der Waals surface area contributed by atoms with Crippen LogP contribution in [-0.2, 0) is 16.1 Å². The summed E-state index contributed by atoms with van der Waals surface area (Å²) in [5.74, 6) is -0.00902. The Bertz CT molecular complexity index is 1030. The number of fused-ring (bicyclic) bond motifs is 1. The minimum atomic E-state index is -0.354. The van der Waals surface area contributed by atoms with Crippen LogP contribution in [0.1, 0.15) is 18.7 Å². The molecule has 1 aromatic carbocycles. The van der Waals surface area contributed by atoms with Crippen molar-refractivity contribution >= 4 is 16.9 Å². The number of ether oxygens (including phenoxy) is 1. The molecule has 3 rings (SSSR count). The predicted molar refractivity (Wildman–Crippen MR) is 102 cm³/mol. The van der Waals surface area contributed by atoms with Gasteiger partial charge in [0.1, 0.15) is 17.0 Å². The van der Waals surface area contributed by atoms with Crippen molar-refractivity contribution in [1.82, 2.24) is 24.6 Å². The molecular weight excluding hydrogens is 365 g/mol. The summed E-state index contributed by atoms with van der Waals surface area (Å²) in [6.07, 6.45) is 2.35. The second-order valence-corrected chi connectivity index (χ2v) is 6.33. The summed E-state index contributed by atoms with van der Waals surface area (Å²) >= 11 is 0. The van der Waals surface area contributed by atoms with Gasteiger partial charge in [0.25, 0.3) is 5.56 Å². The SMILES string of the molecule is COCCCNC(=O)CCn1c(C)nc2c(cnn2-c2ccc(F)cc2)c1=O. The molecule has 8 nitrogen and oxygen atoms in total. The van der Waals surface area contributed by atoms with Crippen LogP contribution in [0.4, 0.5) is 4.39 Å². The molecule has 0 bridgehead atoms. The largest absolute Gasteiger partial charge is 0.385 e. The lowest BCUT2D eigenvalue weighted by Crippen LogP contribution is -2.30. The number of methoxy groups -OCH3 is 1. The minimum absolute atomic E-state index is 0.135. The zero-order valence-electron chi connectivity index (χ0n) is 15.8. The van der Waals surface area contributed by atoms with Crippen LogP contribution in [0.25, 0.3) is 16.7 Å². The van der Waals surface area contributed by atoms with Gasteiger partial charge in [-0.25, -0.2) is 14.1 Å². The summed E-state index contributed by atoms with van der Waals surface area (Å²) in [4.78, 5) is 29.2. The highest BCUT2D eigenvalue weighted by molar-refractivity contribution is 5.76. The molecule has 148 valence electrons. The number of rotatable bonds is 8. The summed E-state index contributed by atoms with van der Waals surface area (Å²) < 4.78 is 21.0. The van der Waals surface area contributed by atoms with E-state index in [1.54, 1.807) is 26.2 Å². The molecule has 28 heavy (non-hydrogen) atoms. The average Bonchev–Trinajstić information content (AvgIpc) is 3.09. The Kier molecular flexibility index (Phi) is 6.15. The smallest absolute Gasteiger partial charge is 0.264 e. The van der Waals surface area contributed by atoms with Gasteiger partial charge in [-0.15, -0.1) is 0 Å². The van der Waals surface area contributed by atoms with Gasteiger partial charge in [0.05, 0.1) is 11.9 Å². The fourth-order valence-electron chi connectivity index (χ4n) is 2.89. The lowest BCUT2D eigenvalue weighted by Gasteiger charge is -2.10. The molecule has 0 fully saturated rings. The van der Waals surface area contributed by atoms with Gasteiger partial charge in [-0.3, -0.25) is 14.2 Å². The van der Waals surface area contributed by atoms with Crippen LogP contribution in [0.5, 0.6) is 0 Å². The van der Waals surface area contributed by atoms with Crippen LogP contribution in [0.15, 0.2) is 35.3 Å². The van der Waals surface area contributed by atoms with Crippen LogP contribution in [0.2, 0.25) is 0 Å². The number of hydrogen-bond donors (Lipinski definition) is 1. The van der Waals surface area contributed by atoms with Gasteiger partial charge in [-0.1, -0.05) is 0 Å². The minimum Gasteiger partial charge on any atom is -0.385 e. The number of hydrogen-bond acceptors (Lipinski definition) is 5. The van der Waals surface area contributed by atoms with Crippen LogP contribution >= 0.6 is 0 Å². The van der Waals surface area contributed by atoms with Crippen molar-refractivity contribution in [3.63, 3.8) is 0 Å². The first-order valence-electron chi connectivity index (χ1n) is 8.98. The zero-order chi connectivity index (χ0) is 20.1. The fraction of sp³-hybridized carbons (Fsp3) is 0.368. The molecule has 0 saturated heterocycles. The first-order chi connectivity index (χ1) is 13.5. The van der Waals surface area contributed by atoms with Crippen molar-refractivity contribution in [2.24, 2.45) is 0 Å². The lowest BCUT2D eigenvalue weighted by atomic mass is 10.3. The molecule has 0 radical (unpaired) electrons. The molecule has 1 N–H and O–H groups in total. The van der Waals surface area contributed by atoms with E-state index in [0.717, 1.165) is 6.42 Å². The number of aryl methyl sites for hydroxylation is 1. The van der Waals surface area contributed by atoms with E-state index in [0.29, 0.717) is 35.7 Å². The van der Waals surface area contributed by atoms with E-state index in [2.05, 4.69) is 15.4 Å². The van der Waals surface area contributed by atoms with E-state index < -0.39 is 0 Å². The van der Waals surface area contributed by atoms with Crippen molar-refractivity contribution < 1.29 is 13.9 Å². The summed E-state index contributed by atoms with van der Waals surface area (Å²) in [6, 6.07) is 5.78. The van der Waals surface area contributed by atoms with Crippen LogP contribution in [-0.4, -0.2) is 45.5 Å². The molecule has 0 saturated carbocycles. The van der Waals surface area contributed by atoms with Crippen molar-refractivity contribution in [3.8, 4) is 5.69 Å². The second kappa shape index (κ2) is 8.75. The Hall–Kier alpha value is -3.07. The average molecular weight is 387 g/mol. The van der Waals surface area contributed by atoms with Crippen molar-refractivity contribution in [2.75, 3.05) is 20.3 Å². The highest BCUT2D eigenvalue weighted by Crippen LogP contribution is 2.15. The maximum Gasteiger partial charge on any atom is 0.264 e. The van der Waals surface area contributed by atoms with Crippen LogP contribution in [0, 0.1) is 12.7 Å². The zero-order valence-corrected chi connectivity index (χ0v) is 15.8. The third-order valence-electron chi connectivity index (χ3n) is 4.36. The molecular formula is C19H22FN5O3. The molecule has 1 amide bonds. The number of carbonyl (C=O) groups is 1. The molecule has 0 aliphatic rings. The van der Waals surface area contributed by atoms with Gasteiger partial charge in [0.15, 0.2) is 5.65 Å². The second-order valence-electron chi connectivity index (χ2n) is 6.33. The quantitative estimate of drug-likeness (QED) is 0.593. The van der Waals surface area contributed by atoms with E-state index in [9.17, 15) is 14.0 Å². The van der Waals surface area contributed by atoms with Gasteiger partial charge in [0, 0.05) is 33.2 Å². The molecule has 9 heteroatoms. The normalized spacial score (nSPS) is 11.1. The molecule has 2 heterocycles. The Morgan fingerprint density at radius 3 is 2.75 bits per heavy atom. The summed E-state index contributed by atoms with van der Waals surface area (Å²) in [6.45, 7) is 3.05. The maximum atomic E-state index is 13.2. The first-order valence-corrected chi connectivity index (χ1v) is 8.98. The number of carbonyl (C=O) groups excluding carboxylic acids is 1. The maximum absolute atomic E-state index is 13.2. The Labute approximate surface area is 160 Å². The Balaban J connectivity index is 1.79. The Morgan fingerprint density at radius 1 is 1.29 bits per heavy atom. The number of amides is 1. The Morgan fingerprint density at radius 2 is 2.04 bits per heavy atom. The monoisotopic (exact) mass is 387 g/mol. The molecule has 0 atom stereocenters.